The van der Waals surface area contributed by atoms with Crippen LogP contribution in [0.4, 0.5) is 0 Å². The predicted molar refractivity (Wildman–Crippen MR) is 298 cm³/mol. The maximum atomic E-state index is 12.9. The van der Waals surface area contributed by atoms with Crippen molar-refractivity contribution < 1.29 is 28.6 Å². The zero-order valence-electron chi connectivity index (χ0n) is 45.6. The van der Waals surface area contributed by atoms with Gasteiger partial charge in [0.05, 0.1) is 0 Å². The minimum absolute atomic E-state index is 0.0927. The molecule has 0 rings (SSSR count). The molecule has 1 atom stereocenters. The molecule has 0 N–H and O–H groups in total. The molecule has 0 radical (unpaired) electrons. The SMILES string of the molecule is CCCCC/C=C\C/C=C\C/C=C\C/C=C\CCCCCC(=O)OC[C@@H](COC(=O)CCCCCCC/C=C\CCCCCCCCC)OC(=O)CCCCCCC/C=C\CCCCCCCCC. The first-order valence-electron chi connectivity index (χ1n) is 29.4. The number of allylic oxidation sites excluding steroid dienone is 12. The first-order valence-corrected chi connectivity index (χ1v) is 29.4. The Balaban J connectivity index is 4.46. The van der Waals surface area contributed by atoms with Crippen LogP contribution in [0.2, 0.25) is 0 Å². The molecule has 0 aromatic carbocycles. The standard InChI is InChI=1S/C63H110O6/c1-4-7-10-13-16-19-22-25-28-31-32-33-36-38-41-44-47-50-53-56-62(65)68-59-60(69-63(66)57-54-51-48-45-42-39-35-30-27-24-21-18-15-12-9-6-3)58-67-61(64)55-52-49-46-43-40-37-34-29-26-23-20-17-14-11-8-5-2/h16,19,25,28-30,32-35,38,41,60H,4-15,17-18,20-24,26-27,31,36-37,39-40,42-59H2,1-3H3/b19-16-,28-25-,33-32-,34-29-,35-30-,41-38-/t60-/m1/s1. The fraction of sp³-hybridized carbons (Fsp3) is 0.762. The molecule has 6 nitrogen and oxygen atoms in total. The molecule has 398 valence electrons. The van der Waals surface area contributed by atoms with Crippen molar-refractivity contribution in [2.45, 2.75) is 297 Å². The summed E-state index contributed by atoms with van der Waals surface area (Å²) in [6.45, 7) is 6.59. The van der Waals surface area contributed by atoms with Crippen LogP contribution in [0.15, 0.2) is 72.9 Å². The Kier molecular flexibility index (Phi) is 54.8. The van der Waals surface area contributed by atoms with Gasteiger partial charge in [-0.2, -0.15) is 0 Å². The third-order valence-electron chi connectivity index (χ3n) is 12.7. The van der Waals surface area contributed by atoms with Gasteiger partial charge in [0.1, 0.15) is 13.2 Å². The largest absolute Gasteiger partial charge is 0.462 e. The quantitative estimate of drug-likeness (QED) is 0.0262. The second-order valence-electron chi connectivity index (χ2n) is 19.5. The van der Waals surface area contributed by atoms with Gasteiger partial charge < -0.3 is 14.2 Å². The van der Waals surface area contributed by atoms with E-state index in [-0.39, 0.29) is 31.1 Å². The van der Waals surface area contributed by atoms with Crippen molar-refractivity contribution in [3.8, 4) is 0 Å². The van der Waals surface area contributed by atoms with Gasteiger partial charge in [0.2, 0.25) is 0 Å². The van der Waals surface area contributed by atoms with Gasteiger partial charge in [-0.15, -0.1) is 0 Å². The van der Waals surface area contributed by atoms with Crippen LogP contribution < -0.4 is 0 Å². The highest BCUT2D eigenvalue weighted by molar-refractivity contribution is 5.71. The van der Waals surface area contributed by atoms with Crippen molar-refractivity contribution in [2.24, 2.45) is 0 Å². The van der Waals surface area contributed by atoms with Crippen molar-refractivity contribution in [3.63, 3.8) is 0 Å². The van der Waals surface area contributed by atoms with E-state index in [4.69, 9.17) is 14.2 Å². The van der Waals surface area contributed by atoms with E-state index in [9.17, 15) is 14.4 Å². The lowest BCUT2D eigenvalue weighted by atomic mass is 10.1. The van der Waals surface area contributed by atoms with Gasteiger partial charge in [-0.05, 0) is 116 Å². The molecule has 6 heteroatoms. The van der Waals surface area contributed by atoms with E-state index < -0.39 is 6.10 Å². The molecule has 0 aliphatic rings. The fourth-order valence-corrected chi connectivity index (χ4v) is 8.18. The highest BCUT2D eigenvalue weighted by Crippen LogP contribution is 2.14. The van der Waals surface area contributed by atoms with Crippen LogP contribution in [0.3, 0.4) is 0 Å². The molecule has 0 spiro atoms. The second kappa shape index (κ2) is 57.4. The van der Waals surface area contributed by atoms with Crippen LogP contribution in [0.1, 0.15) is 290 Å². The molecular formula is C63H110O6. The van der Waals surface area contributed by atoms with E-state index in [1.165, 1.54) is 148 Å². The van der Waals surface area contributed by atoms with Gasteiger partial charge in [-0.25, -0.2) is 0 Å². The number of carbonyl (C=O) groups is 3. The fourth-order valence-electron chi connectivity index (χ4n) is 8.18. The summed E-state index contributed by atoms with van der Waals surface area (Å²) in [6.07, 6.45) is 73.2. The Morgan fingerprint density at radius 1 is 0.290 bits per heavy atom. The summed E-state index contributed by atoms with van der Waals surface area (Å²) in [7, 11) is 0. The Bertz CT molecular complexity index is 1290. The van der Waals surface area contributed by atoms with E-state index in [2.05, 4.69) is 93.7 Å². The molecule has 69 heavy (non-hydrogen) atoms. The summed E-state index contributed by atoms with van der Waals surface area (Å²) in [5.74, 6) is -0.932. The Hall–Kier alpha value is -3.15. The number of carbonyl (C=O) groups excluding carboxylic acids is 3. The van der Waals surface area contributed by atoms with Crippen molar-refractivity contribution >= 4 is 17.9 Å². The lowest BCUT2D eigenvalue weighted by Gasteiger charge is -2.18. The third-order valence-corrected chi connectivity index (χ3v) is 12.7. The van der Waals surface area contributed by atoms with Crippen molar-refractivity contribution in [1.82, 2.24) is 0 Å². The lowest BCUT2D eigenvalue weighted by Crippen LogP contribution is -2.30. The number of hydrogen-bond donors (Lipinski definition) is 0. The van der Waals surface area contributed by atoms with E-state index in [0.717, 1.165) is 103 Å². The van der Waals surface area contributed by atoms with Crippen molar-refractivity contribution in [1.29, 1.82) is 0 Å². The topological polar surface area (TPSA) is 78.9 Å². The van der Waals surface area contributed by atoms with Gasteiger partial charge in [-0.3, -0.25) is 14.4 Å². The molecular weight excluding hydrogens is 853 g/mol. The molecule has 0 aliphatic carbocycles. The van der Waals surface area contributed by atoms with Crippen LogP contribution in [-0.4, -0.2) is 37.2 Å². The summed E-state index contributed by atoms with van der Waals surface area (Å²) in [5, 5.41) is 0. The normalized spacial score (nSPS) is 12.6. The maximum Gasteiger partial charge on any atom is 0.306 e. The van der Waals surface area contributed by atoms with Crippen molar-refractivity contribution in [2.75, 3.05) is 13.2 Å². The highest BCUT2D eigenvalue weighted by atomic mass is 16.6. The number of hydrogen-bond acceptors (Lipinski definition) is 6. The van der Waals surface area contributed by atoms with Crippen LogP contribution in [0, 0.1) is 0 Å². The summed E-state index contributed by atoms with van der Waals surface area (Å²) in [4.78, 5) is 38.2. The average Bonchev–Trinajstić information content (AvgIpc) is 3.35. The first kappa shape index (κ1) is 65.8. The van der Waals surface area contributed by atoms with Gasteiger partial charge in [0.25, 0.3) is 0 Å². The Morgan fingerprint density at radius 3 is 0.870 bits per heavy atom. The van der Waals surface area contributed by atoms with Gasteiger partial charge in [0, 0.05) is 19.3 Å². The summed E-state index contributed by atoms with van der Waals surface area (Å²) in [6, 6.07) is 0. The lowest BCUT2D eigenvalue weighted by molar-refractivity contribution is -0.167. The molecule has 0 aromatic rings. The summed E-state index contributed by atoms with van der Waals surface area (Å²) in [5.41, 5.74) is 0. The van der Waals surface area contributed by atoms with E-state index in [1.54, 1.807) is 0 Å². The molecule has 0 fully saturated rings. The molecule has 0 amide bonds. The zero-order valence-corrected chi connectivity index (χ0v) is 45.6. The number of ether oxygens (including phenoxy) is 3. The number of rotatable bonds is 53. The van der Waals surface area contributed by atoms with E-state index >= 15 is 0 Å². The molecule has 0 aromatic heterocycles. The van der Waals surface area contributed by atoms with Gasteiger partial charge in [0.15, 0.2) is 6.10 Å². The Morgan fingerprint density at radius 2 is 0.522 bits per heavy atom. The van der Waals surface area contributed by atoms with E-state index in [1.807, 2.05) is 0 Å². The van der Waals surface area contributed by atoms with Crippen molar-refractivity contribution in [3.05, 3.63) is 72.9 Å². The molecule has 0 saturated carbocycles. The second-order valence-corrected chi connectivity index (χ2v) is 19.5. The molecule has 0 heterocycles. The zero-order chi connectivity index (χ0) is 50.0. The maximum absolute atomic E-state index is 12.9. The monoisotopic (exact) mass is 963 g/mol. The van der Waals surface area contributed by atoms with Crippen LogP contribution in [-0.2, 0) is 28.6 Å². The molecule has 0 saturated heterocycles. The Labute approximate surface area is 427 Å². The van der Waals surface area contributed by atoms with Crippen LogP contribution in [0.5, 0.6) is 0 Å². The van der Waals surface area contributed by atoms with Gasteiger partial charge >= 0.3 is 17.9 Å². The average molecular weight is 964 g/mol. The van der Waals surface area contributed by atoms with Gasteiger partial charge in [-0.1, -0.05) is 229 Å². The summed E-state index contributed by atoms with van der Waals surface area (Å²) >= 11 is 0. The number of esters is 3. The first-order chi connectivity index (χ1) is 34.0. The molecule has 0 bridgehead atoms. The minimum atomic E-state index is -0.797. The molecule has 0 unspecified atom stereocenters. The van der Waals surface area contributed by atoms with Crippen LogP contribution >= 0.6 is 0 Å². The predicted octanol–water partition coefficient (Wildman–Crippen LogP) is 19.8. The minimum Gasteiger partial charge on any atom is -0.462 e. The number of unbranched alkanes of at least 4 members (excludes halogenated alkanes) is 30. The highest BCUT2D eigenvalue weighted by Gasteiger charge is 2.19. The third kappa shape index (κ3) is 55.6. The molecule has 0 aliphatic heterocycles. The van der Waals surface area contributed by atoms with E-state index in [0.29, 0.717) is 19.3 Å². The summed E-state index contributed by atoms with van der Waals surface area (Å²) < 4.78 is 16.8. The smallest absolute Gasteiger partial charge is 0.306 e. The van der Waals surface area contributed by atoms with Crippen LogP contribution in [0.25, 0.3) is 0 Å².